The normalized spacial score (nSPS) is 18.4. The highest BCUT2D eigenvalue weighted by Crippen LogP contribution is 2.22. The highest BCUT2D eigenvalue weighted by atomic mass is 32.2. The Kier molecular flexibility index (Phi) is 5.19. The van der Waals surface area contributed by atoms with Crippen molar-refractivity contribution in [2.45, 2.75) is 30.9 Å². The van der Waals surface area contributed by atoms with Gasteiger partial charge in [-0.05, 0) is 31.5 Å². The van der Waals surface area contributed by atoms with Crippen molar-refractivity contribution in [3.8, 4) is 0 Å². The van der Waals surface area contributed by atoms with Gasteiger partial charge in [-0.2, -0.15) is 4.31 Å². The molecule has 1 aliphatic heterocycles. The Morgan fingerprint density at radius 3 is 2.92 bits per heavy atom. The van der Waals surface area contributed by atoms with Crippen LogP contribution >= 0.6 is 11.3 Å². The molecule has 1 aromatic carbocycles. The van der Waals surface area contributed by atoms with Crippen molar-refractivity contribution < 1.29 is 18.3 Å². The van der Waals surface area contributed by atoms with Crippen LogP contribution in [0.5, 0.6) is 0 Å². The third-order valence-electron chi connectivity index (χ3n) is 3.96. The molecular weight excluding hydrogens is 362 g/mol. The number of aryl methyl sites for hydroxylation is 1. The minimum atomic E-state index is -3.71. The minimum absolute atomic E-state index is 0.0544. The van der Waals surface area contributed by atoms with E-state index in [0.29, 0.717) is 13.0 Å². The smallest absolute Gasteiger partial charge is 0.251 e. The standard InChI is InChI=1S/C16H19N3O4S2/c1-11-18-13(10-24-11)8-17-16(21)12-3-2-4-15(7-12)25(22,23)19-6-5-14(20)9-19/h2-4,7,10,14,20H,5-6,8-9H2,1H3,(H,17,21)/t14-/m1/s1. The number of nitrogens with one attached hydrogen (secondary N) is 1. The molecule has 9 heteroatoms. The van der Waals surface area contributed by atoms with Gasteiger partial charge in [0.15, 0.2) is 0 Å². The van der Waals surface area contributed by atoms with Crippen molar-refractivity contribution in [3.05, 3.63) is 45.9 Å². The number of aliphatic hydroxyl groups excluding tert-OH is 1. The third-order valence-corrected chi connectivity index (χ3v) is 6.64. The lowest BCUT2D eigenvalue weighted by molar-refractivity contribution is 0.0950. The van der Waals surface area contributed by atoms with Gasteiger partial charge in [0.2, 0.25) is 10.0 Å². The molecule has 2 N–H and O–H groups in total. The molecule has 25 heavy (non-hydrogen) atoms. The van der Waals surface area contributed by atoms with Crippen molar-refractivity contribution in [1.82, 2.24) is 14.6 Å². The fraction of sp³-hybridized carbons (Fsp3) is 0.375. The lowest BCUT2D eigenvalue weighted by atomic mass is 10.2. The Hall–Kier alpha value is -1.81. The molecule has 134 valence electrons. The van der Waals surface area contributed by atoms with Crippen LogP contribution in [0.2, 0.25) is 0 Å². The number of benzene rings is 1. The van der Waals surface area contributed by atoms with Crippen molar-refractivity contribution in [1.29, 1.82) is 0 Å². The summed E-state index contributed by atoms with van der Waals surface area (Å²) in [6.45, 7) is 2.54. The van der Waals surface area contributed by atoms with Gasteiger partial charge in [-0.1, -0.05) is 6.07 Å². The fourth-order valence-corrected chi connectivity index (χ4v) is 4.79. The molecule has 2 heterocycles. The van der Waals surface area contributed by atoms with Gasteiger partial charge >= 0.3 is 0 Å². The summed E-state index contributed by atoms with van der Waals surface area (Å²) >= 11 is 1.50. The Labute approximate surface area is 150 Å². The summed E-state index contributed by atoms with van der Waals surface area (Å²) in [4.78, 5) is 16.6. The van der Waals surface area contributed by atoms with Crippen molar-refractivity contribution >= 4 is 27.3 Å². The Balaban J connectivity index is 1.73. The lowest BCUT2D eigenvalue weighted by Crippen LogP contribution is -2.30. The van der Waals surface area contributed by atoms with E-state index in [0.717, 1.165) is 10.7 Å². The van der Waals surface area contributed by atoms with E-state index in [4.69, 9.17) is 0 Å². The zero-order chi connectivity index (χ0) is 18.0. The maximum absolute atomic E-state index is 12.6. The van der Waals surface area contributed by atoms with Gasteiger partial charge in [0.25, 0.3) is 5.91 Å². The maximum atomic E-state index is 12.6. The first-order valence-electron chi connectivity index (χ1n) is 7.84. The summed E-state index contributed by atoms with van der Waals surface area (Å²) < 4.78 is 26.5. The first-order chi connectivity index (χ1) is 11.9. The van der Waals surface area contributed by atoms with Crippen LogP contribution < -0.4 is 5.32 Å². The van der Waals surface area contributed by atoms with Gasteiger partial charge in [0, 0.05) is 24.0 Å². The molecule has 1 aliphatic rings. The van der Waals surface area contributed by atoms with Crippen LogP contribution in [-0.2, 0) is 16.6 Å². The molecule has 1 saturated heterocycles. The van der Waals surface area contributed by atoms with E-state index in [9.17, 15) is 18.3 Å². The van der Waals surface area contributed by atoms with Gasteiger partial charge in [-0.15, -0.1) is 11.3 Å². The Bertz CT molecular complexity index is 879. The van der Waals surface area contributed by atoms with Crippen LogP contribution in [-0.4, -0.2) is 47.9 Å². The van der Waals surface area contributed by atoms with E-state index in [1.807, 2.05) is 12.3 Å². The zero-order valence-electron chi connectivity index (χ0n) is 13.7. The number of sulfonamides is 1. The molecule has 1 amide bonds. The van der Waals surface area contributed by atoms with Gasteiger partial charge < -0.3 is 10.4 Å². The van der Waals surface area contributed by atoms with E-state index in [1.54, 1.807) is 12.1 Å². The van der Waals surface area contributed by atoms with Gasteiger partial charge in [0.05, 0.1) is 28.2 Å². The van der Waals surface area contributed by atoms with Gasteiger partial charge in [0.1, 0.15) is 0 Å². The summed E-state index contributed by atoms with van der Waals surface area (Å²) in [5.41, 5.74) is 1.04. The SMILES string of the molecule is Cc1nc(CNC(=O)c2cccc(S(=O)(=O)N3CC[C@@H](O)C3)c2)cs1. The number of β-amino-alcohol motifs (C(OH)–C–C–N with tert-alkyl or cyclic N) is 1. The minimum Gasteiger partial charge on any atom is -0.392 e. The highest BCUT2D eigenvalue weighted by molar-refractivity contribution is 7.89. The number of rotatable bonds is 5. The van der Waals surface area contributed by atoms with Crippen LogP contribution in [0.3, 0.4) is 0 Å². The fourth-order valence-electron chi connectivity index (χ4n) is 2.64. The van der Waals surface area contributed by atoms with E-state index in [-0.39, 0.29) is 29.5 Å². The van der Waals surface area contributed by atoms with Gasteiger partial charge in [-0.25, -0.2) is 13.4 Å². The Morgan fingerprint density at radius 2 is 2.28 bits per heavy atom. The summed E-state index contributed by atoms with van der Waals surface area (Å²) in [5, 5.41) is 15.1. The number of hydrogen-bond donors (Lipinski definition) is 2. The molecule has 1 aromatic heterocycles. The van der Waals surface area contributed by atoms with Crippen LogP contribution in [0.4, 0.5) is 0 Å². The number of aromatic nitrogens is 1. The van der Waals surface area contributed by atoms with Crippen molar-refractivity contribution in [2.24, 2.45) is 0 Å². The molecule has 0 unspecified atom stereocenters. The molecule has 1 fully saturated rings. The molecule has 3 rings (SSSR count). The monoisotopic (exact) mass is 381 g/mol. The zero-order valence-corrected chi connectivity index (χ0v) is 15.3. The number of hydrogen-bond acceptors (Lipinski definition) is 6. The predicted molar refractivity (Wildman–Crippen MR) is 93.8 cm³/mol. The van der Waals surface area contributed by atoms with Crippen LogP contribution in [0.15, 0.2) is 34.5 Å². The molecule has 0 spiro atoms. The number of carbonyl (C=O) groups excluding carboxylic acids is 1. The molecule has 0 bridgehead atoms. The number of nitrogens with zero attached hydrogens (tertiary/aromatic N) is 2. The quantitative estimate of drug-likeness (QED) is 0.809. The molecule has 0 saturated carbocycles. The van der Waals surface area contributed by atoms with Crippen LogP contribution in [0.25, 0.3) is 0 Å². The maximum Gasteiger partial charge on any atom is 0.251 e. The average Bonchev–Trinajstić information content (AvgIpc) is 3.21. The number of aliphatic hydroxyl groups is 1. The second-order valence-corrected chi connectivity index (χ2v) is 8.87. The second-order valence-electron chi connectivity index (χ2n) is 5.87. The molecule has 1 atom stereocenters. The number of thiazole rings is 1. The summed E-state index contributed by atoms with van der Waals surface area (Å²) in [7, 11) is -3.71. The average molecular weight is 381 g/mol. The van der Waals surface area contributed by atoms with Crippen molar-refractivity contribution in [2.75, 3.05) is 13.1 Å². The van der Waals surface area contributed by atoms with E-state index in [2.05, 4.69) is 10.3 Å². The van der Waals surface area contributed by atoms with Crippen molar-refractivity contribution in [3.63, 3.8) is 0 Å². The Morgan fingerprint density at radius 1 is 1.48 bits per heavy atom. The van der Waals surface area contributed by atoms with Crippen LogP contribution in [0, 0.1) is 6.92 Å². The molecular formula is C16H19N3O4S2. The number of amides is 1. The molecule has 7 nitrogen and oxygen atoms in total. The molecule has 0 aliphatic carbocycles. The highest BCUT2D eigenvalue weighted by Gasteiger charge is 2.31. The third kappa shape index (κ3) is 4.06. The molecule has 0 radical (unpaired) electrons. The first-order valence-corrected chi connectivity index (χ1v) is 10.2. The first kappa shape index (κ1) is 18.0. The van der Waals surface area contributed by atoms with Gasteiger partial charge in [-0.3, -0.25) is 4.79 Å². The second kappa shape index (κ2) is 7.20. The van der Waals surface area contributed by atoms with E-state index >= 15 is 0 Å². The lowest BCUT2D eigenvalue weighted by Gasteiger charge is -2.16. The largest absolute Gasteiger partial charge is 0.392 e. The summed E-state index contributed by atoms with van der Waals surface area (Å²) in [6.07, 6.45) is -0.213. The summed E-state index contributed by atoms with van der Waals surface area (Å²) in [5.74, 6) is -0.357. The topological polar surface area (TPSA) is 99.6 Å². The summed E-state index contributed by atoms with van der Waals surface area (Å²) in [6, 6.07) is 5.93. The predicted octanol–water partition coefficient (Wildman–Crippen LogP) is 1.14. The van der Waals surface area contributed by atoms with E-state index in [1.165, 1.54) is 27.8 Å². The number of carbonyl (C=O) groups is 1. The van der Waals surface area contributed by atoms with E-state index < -0.39 is 16.1 Å². The van der Waals surface area contributed by atoms with Crippen LogP contribution in [0.1, 0.15) is 27.5 Å². The molecule has 2 aromatic rings.